The minimum absolute atomic E-state index is 0.0802. The minimum atomic E-state index is -0.0802. The van der Waals surface area contributed by atoms with Gasteiger partial charge in [-0.25, -0.2) is 0 Å². The highest BCUT2D eigenvalue weighted by atomic mass is 16.3. The first-order chi connectivity index (χ1) is 27.0. The predicted molar refractivity (Wildman–Crippen MR) is 232 cm³/mol. The summed E-state index contributed by atoms with van der Waals surface area (Å²) in [6, 6.07) is 68.3. The molecule has 0 amide bonds. The van der Waals surface area contributed by atoms with E-state index in [4.69, 9.17) is 4.42 Å². The Morgan fingerprint density at radius 2 is 1.02 bits per heavy atom. The van der Waals surface area contributed by atoms with E-state index in [0.717, 1.165) is 50.0 Å². The van der Waals surface area contributed by atoms with Gasteiger partial charge in [0, 0.05) is 38.6 Å². The lowest BCUT2D eigenvalue weighted by Gasteiger charge is -2.28. The molecule has 55 heavy (non-hydrogen) atoms. The predicted octanol–water partition coefficient (Wildman–Crippen LogP) is 15.0. The first kappa shape index (κ1) is 31.6. The van der Waals surface area contributed by atoms with Gasteiger partial charge in [0.05, 0.1) is 0 Å². The van der Waals surface area contributed by atoms with Crippen LogP contribution < -0.4 is 4.90 Å². The summed E-state index contributed by atoms with van der Waals surface area (Å²) in [4.78, 5) is 2.38. The second-order valence-electron chi connectivity index (χ2n) is 15.3. The Morgan fingerprint density at radius 1 is 0.382 bits per heavy atom. The molecule has 9 aromatic carbocycles. The fourth-order valence-corrected chi connectivity index (χ4v) is 9.03. The molecule has 1 aliphatic rings. The van der Waals surface area contributed by atoms with Gasteiger partial charge in [-0.15, -0.1) is 0 Å². The van der Waals surface area contributed by atoms with Gasteiger partial charge in [-0.05, 0) is 121 Å². The normalized spacial score (nSPS) is 13.1. The SMILES string of the molecule is CC1(C)c2ccccc2-c2ccc(N(c3ccccc3)c3ccc(-c4cc5c6ccc(-c7ccc8ccccc8c7)cc6oc5c5ccccc45)cc3)cc21. The Labute approximate surface area is 320 Å². The minimum Gasteiger partial charge on any atom is -0.455 e. The van der Waals surface area contributed by atoms with Gasteiger partial charge in [0.2, 0.25) is 0 Å². The summed E-state index contributed by atoms with van der Waals surface area (Å²) in [7, 11) is 0. The van der Waals surface area contributed by atoms with Crippen LogP contribution in [-0.2, 0) is 5.41 Å². The summed E-state index contributed by atoms with van der Waals surface area (Å²) in [5.74, 6) is 0. The van der Waals surface area contributed by atoms with Crippen LogP contribution in [-0.4, -0.2) is 0 Å². The average Bonchev–Trinajstić information content (AvgIpc) is 3.72. The number of para-hydroxylation sites is 1. The Kier molecular flexibility index (Phi) is 6.93. The van der Waals surface area contributed by atoms with Crippen molar-refractivity contribution in [2.45, 2.75) is 19.3 Å². The molecule has 0 unspecified atom stereocenters. The van der Waals surface area contributed by atoms with Crippen molar-refractivity contribution in [2.24, 2.45) is 0 Å². The van der Waals surface area contributed by atoms with Crippen LogP contribution in [0.3, 0.4) is 0 Å². The highest BCUT2D eigenvalue weighted by Crippen LogP contribution is 2.51. The molecule has 1 aliphatic carbocycles. The molecule has 260 valence electrons. The van der Waals surface area contributed by atoms with Crippen LogP contribution >= 0.6 is 0 Å². The van der Waals surface area contributed by atoms with E-state index in [1.54, 1.807) is 0 Å². The lowest BCUT2D eigenvalue weighted by Crippen LogP contribution is -2.16. The molecule has 0 N–H and O–H groups in total. The first-order valence-corrected chi connectivity index (χ1v) is 19.1. The fourth-order valence-electron chi connectivity index (χ4n) is 9.03. The maximum Gasteiger partial charge on any atom is 0.143 e. The molecule has 0 radical (unpaired) electrons. The lowest BCUT2D eigenvalue weighted by atomic mass is 9.82. The maximum atomic E-state index is 6.71. The highest BCUT2D eigenvalue weighted by Gasteiger charge is 2.35. The van der Waals surface area contributed by atoms with Gasteiger partial charge >= 0.3 is 0 Å². The third kappa shape index (κ3) is 4.95. The molecule has 2 nitrogen and oxygen atoms in total. The van der Waals surface area contributed by atoms with E-state index in [1.807, 2.05) is 0 Å². The molecule has 0 bridgehead atoms. The molecule has 0 atom stereocenters. The van der Waals surface area contributed by atoms with Crippen LogP contribution in [0.1, 0.15) is 25.0 Å². The summed E-state index contributed by atoms with van der Waals surface area (Å²) in [5, 5.41) is 7.03. The smallest absolute Gasteiger partial charge is 0.143 e. The van der Waals surface area contributed by atoms with Gasteiger partial charge < -0.3 is 9.32 Å². The number of fused-ring (bicyclic) bond motifs is 9. The van der Waals surface area contributed by atoms with Crippen molar-refractivity contribution in [1.82, 2.24) is 0 Å². The second-order valence-corrected chi connectivity index (χ2v) is 15.3. The average molecular weight is 704 g/mol. The van der Waals surface area contributed by atoms with Crippen LogP contribution in [0.2, 0.25) is 0 Å². The monoisotopic (exact) mass is 703 g/mol. The first-order valence-electron chi connectivity index (χ1n) is 19.1. The fraction of sp³-hybridized carbons (Fsp3) is 0.0566. The van der Waals surface area contributed by atoms with Crippen molar-refractivity contribution >= 4 is 60.5 Å². The third-order valence-electron chi connectivity index (χ3n) is 11.8. The van der Waals surface area contributed by atoms with E-state index < -0.39 is 0 Å². The topological polar surface area (TPSA) is 16.4 Å². The molecule has 11 rings (SSSR count). The maximum absolute atomic E-state index is 6.71. The summed E-state index contributed by atoms with van der Waals surface area (Å²) in [5.41, 5.74) is 15.3. The van der Waals surface area contributed by atoms with Crippen molar-refractivity contribution < 1.29 is 4.42 Å². The van der Waals surface area contributed by atoms with Gasteiger partial charge in [-0.1, -0.05) is 141 Å². The zero-order valence-electron chi connectivity index (χ0n) is 30.8. The zero-order valence-corrected chi connectivity index (χ0v) is 30.8. The van der Waals surface area contributed by atoms with E-state index in [-0.39, 0.29) is 5.41 Å². The van der Waals surface area contributed by atoms with Gasteiger partial charge in [-0.2, -0.15) is 0 Å². The number of nitrogens with zero attached hydrogens (tertiary/aromatic N) is 1. The molecule has 1 aromatic heterocycles. The molecule has 1 heterocycles. The van der Waals surface area contributed by atoms with Crippen molar-refractivity contribution in [2.75, 3.05) is 4.90 Å². The molecule has 0 spiro atoms. The van der Waals surface area contributed by atoms with E-state index in [1.165, 1.54) is 55.1 Å². The Balaban J connectivity index is 1.01. The number of anilines is 3. The lowest BCUT2D eigenvalue weighted by molar-refractivity contribution is 0.660. The van der Waals surface area contributed by atoms with Crippen molar-refractivity contribution in [3.05, 3.63) is 199 Å². The van der Waals surface area contributed by atoms with Crippen LogP contribution in [0.5, 0.6) is 0 Å². The molecule has 2 heteroatoms. The van der Waals surface area contributed by atoms with Crippen molar-refractivity contribution in [3.8, 4) is 33.4 Å². The molecule has 0 aliphatic heterocycles. The third-order valence-corrected chi connectivity index (χ3v) is 11.8. The Morgan fingerprint density at radius 3 is 1.87 bits per heavy atom. The largest absolute Gasteiger partial charge is 0.455 e. The molecule has 0 saturated carbocycles. The number of benzene rings is 9. The van der Waals surface area contributed by atoms with Crippen molar-refractivity contribution in [1.29, 1.82) is 0 Å². The second kappa shape index (κ2) is 12.1. The van der Waals surface area contributed by atoms with Crippen LogP contribution in [0.15, 0.2) is 192 Å². The number of hydrogen-bond acceptors (Lipinski definition) is 2. The van der Waals surface area contributed by atoms with Gasteiger partial charge in [0.1, 0.15) is 11.2 Å². The summed E-state index contributed by atoms with van der Waals surface area (Å²) in [6.45, 7) is 4.69. The Hall–Kier alpha value is -6.90. The molecule has 0 saturated heterocycles. The highest BCUT2D eigenvalue weighted by molar-refractivity contribution is 6.19. The van der Waals surface area contributed by atoms with Crippen LogP contribution in [0.25, 0.3) is 76.9 Å². The van der Waals surface area contributed by atoms with Gasteiger partial charge in [0.25, 0.3) is 0 Å². The van der Waals surface area contributed by atoms with E-state index in [9.17, 15) is 0 Å². The van der Waals surface area contributed by atoms with E-state index in [2.05, 4.69) is 207 Å². The molecular formula is C53H37NO. The molecule has 10 aromatic rings. The van der Waals surface area contributed by atoms with E-state index >= 15 is 0 Å². The Bertz CT molecular complexity index is 3110. The summed E-state index contributed by atoms with van der Waals surface area (Å²) < 4.78 is 6.71. The van der Waals surface area contributed by atoms with Crippen LogP contribution in [0, 0.1) is 0 Å². The van der Waals surface area contributed by atoms with Crippen molar-refractivity contribution in [3.63, 3.8) is 0 Å². The standard InChI is InChI=1S/C53H37NO/c1-53(2)49-19-11-10-17-43(49)44-29-27-41(32-50(44)53)54(39-14-4-3-5-15-39)40-25-22-35(23-26-40)47-33-48-45-28-24-38(37-21-20-34-12-6-7-13-36(34)30-37)31-51(45)55-52(48)46-18-9-8-16-42(46)47/h3-33H,1-2H3. The number of hydrogen-bond donors (Lipinski definition) is 0. The molecule has 0 fully saturated rings. The van der Waals surface area contributed by atoms with Gasteiger partial charge in [0.15, 0.2) is 0 Å². The number of rotatable bonds is 5. The summed E-state index contributed by atoms with van der Waals surface area (Å²) >= 11 is 0. The zero-order chi connectivity index (χ0) is 36.7. The summed E-state index contributed by atoms with van der Waals surface area (Å²) in [6.07, 6.45) is 0. The molecular weight excluding hydrogens is 667 g/mol. The van der Waals surface area contributed by atoms with Gasteiger partial charge in [-0.3, -0.25) is 0 Å². The van der Waals surface area contributed by atoms with Crippen LogP contribution in [0.4, 0.5) is 17.1 Å². The van der Waals surface area contributed by atoms with E-state index in [0.29, 0.717) is 0 Å². The quantitative estimate of drug-likeness (QED) is 0.177. The number of furan rings is 1.